The average molecular weight is 262 g/mol. The fourth-order valence-electron chi connectivity index (χ4n) is 3.03. The van der Waals surface area contributed by atoms with Gasteiger partial charge in [0.1, 0.15) is 0 Å². The van der Waals surface area contributed by atoms with Crippen molar-refractivity contribution in [2.45, 2.75) is 25.3 Å². The summed E-state index contributed by atoms with van der Waals surface area (Å²) in [6.45, 7) is 3.94. The van der Waals surface area contributed by atoms with Gasteiger partial charge < -0.3 is 20.5 Å². The molecule has 19 heavy (non-hydrogen) atoms. The molecule has 0 aromatic carbocycles. The number of piperidine rings is 1. The van der Waals surface area contributed by atoms with Crippen molar-refractivity contribution in [2.75, 3.05) is 26.2 Å². The van der Waals surface area contributed by atoms with Crippen molar-refractivity contribution in [3.63, 3.8) is 0 Å². The second-order valence-corrected chi connectivity index (χ2v) is 5.57. The third-order valence-corrected chi connectivity index (χ3v) is 4.28. The number of aromatic nitrogens is 1. The van der Waals surface area contributed by atoms with Gasteiger partial charge in [0.25, 0.3) is 0 Å². The van der Waals surface area contributed by atoms with Crippen molar-refractivity contribution >= 4 is 6.03 Å². The van der Waals surface area contributed by atoms with Crippen LogP contribution < -0.4 is 10.6 Å². The highest BCUT2D eigenvalue weighted by atomic mass is 16.2. The van der Waals surface area contributed by atoms with Gasteiger partial charge in [0.2, 0.25) is 0 Å². The van der Waals surface area contributed by atoms with Gasteiger partial charge in [0.15, 0.2) is 0 Å². The van der Waals surface area contributed by atoms with Crippen LogP contribution >= 0.6 is 0 Å². The van der Waals surface area contributed by atoms with Crippen molar-refractivity contribution in [2.24, 2.45) is 5.92 Å². The summed E-state index contributed by atoms with van der Waals surface area (Å²) in [4.78, 5) is 16.9. The highest BCUT2D eigenvalue weighted by Crippen LogP contribution is 2.22. The normalized spacial score (nSPS) is 24.7. The molecule has 0 saturated carbocycles. The van der Waals surface area contributed by atoms with E-state index >= 15 is 0 Å². The second-order valence-electron chi connectivity index (χ2n) is 5.57. The molecule has 0 bridgehead atoms. The molecule has 1 atom stereocenters. The molecule has 2 amide bonds. The number of urea groups is 1. The topological polar surface area (TPSA) is 60.2 Å². The standard InChI is InChI=1S/C14H22N4O/c19-14-17-13(12-3-7-16-9-12)10-18(14)8-4-11-1-5-15-6-2-11/h3,7,9,11,13,15-16H,1-2,4-6,8,10H2,(H,17,19). The van der Waals surface area contributed by atoms with Crippen LogP contribution in [0, 0.1) is 5.92 Å². The number of nitrogens with one attached hydrogen (secondary N) is 3. The zero-order valence-corrected chi connectivity index (χ0v) is 11.2. The molecule has 5 nitrogen and oxygen atoms in total. The smallest absolute Gasteiger partial charge is 0.318 e. The van der Waals surface area contributed by atoms with Crippen LogP contribution in [0.3, 0.4) is 0 Å². The Morgan fingerprint density at radius 1 is 1.32 bits per heavy atom. The summed E-state index contributed by atoms with van der Waals surface area (Å²) in [6.07, 6.45) is 7.49. The van der Waals surface area contributed by atoms with E-state index in [4.69, 9.17) is 0 Å². The molecule has 5 heteroatoms. The first-order chi connectivity index (χ1) is 9.33. The lowest BCUT2D eigenvalue weighted by Gasteiger charge is -2.24. The maximum absolute atomic E-state index is 11.9. The Labute approximate surface area is 113 Å². The number of carbonyl (C=O) groups excluding carboxylic acids is 1. The highest BCUT2D eigenvalue weighted by molar-refractivity contribution is 5.77. The summed E-state index contributed by atoms with van der Waals surface area (Å²) in [5.74, 6) is 0.778. The minimum Gasteiger partial charge on any atom is -0.367 e. The predicted molar refractivity (Wildman–Crippen MR) is 73.8 cm³/mol. The molecule has 1 unspecified atom stereocenters. The minimum atomic E-state index is 0.0835. The molecular weight excluding hydrogens is 240 g/mol. The summed E-state index contributed by atoms with van der Waals surface area (Å²) in [5.41, 5.74) is 1.16. The van der Waals surface area contributed by atoms with E-state index in [1.54, 1.807) is 0 Å². The monoisotopic (exact) mass is 262 g/mol. The molecule has 2 fully saturated rings. The van der Waals surface area contributed by atoms with E-state index in [-0.39, 0.29) is 12.1 Å². The Morgan fingerprint density at radius 2 is 2.16 bits per heavy atom. The van der Waals surface area contributed by atoms with Crippen LogP contribution in [0.4, 0.5) is 4.79 Å². The molecule has 1 aromatic heterocycles. The number of rotatable bonds is 4. The van der Waals surface area contributed by atoms with Crippen molar-refractivity contribution in [1.29, 1.82) is 0 Å². The maximum Gasteiger partial charge on any atom is 0.318 e. The van der Waals surface area contributed by atoms with Gasteiger partial charge in [-0.2, -0.15) is 0 Å². The van der Waals surface area contributed by atoms with Crippen LogP contribution in [0.15, 0.2) is 18.5 Å². The third kappa shape index (κ3) is 2.92. The molecule has 104 valence electrons. The number of amides is 2. The third-order valence-electron chi connectivity index (χ3n) is 4.28. The zero-order valence-electron chi connectivity index (χ0n) is 11.2. The number of H-pyrrole nitrogens is 1. The van der Waals surface area contributed by atoms with Gasteiger partial charge in [-0.05, 0) is 49.9 Å². The van der Waals surface area contributed by atoms with E-state index in [9.17, 15) is 4.79 Å². The highest BCUT2D eigenvalue weighted by Gasteiger charge is 2.30. The first kappa shape index (κ1) is 12.5. The predicted octanol–water partition coefficient (Wildman–Crippen LogP) is 1.47. The summed E-state index contributed by atoms with van der Waals surface area (Å²) in [7, 11) is 0. The Hall–Kier alpha value is -1.49. The van der Waals surface area contributed by atoms with Crippen LogP contribution in [-0.2, 0) is 0 Å². The fraction of sp³-hybridized carbons (Fsp3) is 0.643. The van der Waals surface area contributed by atoms with Crippen LogP contribution in [0.5, 0.6) is 0 Å². The van der Waals surface area contributed by atoms with E-state index in [1.807, 2.05) is 23.4 Å². The van der Waals surface area contributed by atoms with Crippen molar-refractivity contribution in [1.82, 2.24) is 20.5 Å². The van der Waals surface area contributed by atoms with E-state index in [0.29, 0.717) is 0 Å². The molecule has 0 aliphatic carbocycles. The van der Waals surface area contributed by atoms with Crippen LogP contribution in [-0.4, -0.2) is 42.1 Å². The average Bonchev–Trinajstić information content (AvgIpc) is 3.07. The zero-order chi connectivity index (χ0) is 13.1. The Kier molecular flexibility index (Phi) is 3.73. The van der Waals surface area contributed by atoms with Gasteiger partial charge >= 0.3 is 6.03 Å². The molecule has 3 rings (SSSR count). The molecule has 3 N–H and O–H groups in total. The lowest BCUT2D eigenvalue weighted by Crippen LogP contribution is -2.33. The number of nitrogens with zero attached hydrogens (tertiary/aromatic N) is 1. The summed E-state index contributed by atoms with van der Waals surface area (Å²) >= 11 is 0. The Balaban J connectivity index is 1.50. The molecule has 1 aromatic rings. The first-order valence-corrected chi connectivity index (χ1v) is 7.22. The van der Waals surface area contributed by atoms with Crippen molar-refractivity contribution < 1.29 is 4.79 Å². The summed E-state index contributed by atoms with van der Waals surface area (Å²) < 4.78 is 0. The van der Waals surface area contributed by atoms with Gasteiger partial charge in [-0.15, -0.1) is 0 Å². The van der Waals surface area contributed by atoms with Crippen LogP contribution in [0.1, 0.15) is 30.9 Å². The Bertz CT molecular complexity index is 411. The number of hydrogen-bond donors (Lipinski definition) is 3. The first-order valence-electron chi connectivity index (χ1n) is 7.22. The van der Waals surface area contributed by atoms with E-state index in [0.717, 1.165) is 44.1 Å². The second kappa shape index (κ2) is 5.65. The lowest BCUT2D eigenvalue weighted by atomic mass is 9.94. The largest absolute Gasteiger partial charge is 0.367 e. The van der Waals surface area contributed by atoms with Gasteiger partial charge in [-0.3, -0.25) is 0 Å². The van der Waals surface area contributed by atoms with Crippen LogP contribution in [0.2, 0.25) is 0 Å². The van der Waals surface area contributed by atoms with E-state index in [2.05, 4.69) is 15.6 Å². The van der Waals surface area contributed by atoms with E-state index in [1.165, 1.54) is 12.8 Å². The SMILES string of the molecule is O=C1NC(c2cc[nH]c2)CN1CCC1CCNCC1. The molecular formula is C14H22N4O. The lowest BCUT2D eigenvalue weighted by molar-refractivity contribution is 0.211. The number of aromatic amines is 1. The van der Waals surface area contributed by atoms with Gasteiger partial charge in [0, 0.05) is 25.5 Å². The number of hydrogen-bond acceptors (Lipinski definition) is 2. The molecule has 3 heterocycles. The maximum atomic E-state index is 11.9. The van der Waals surface area contributed by atoms with E-state index < -0.39 is 0 Å². The molecule has 0 radical (unpaired) electrons. The van der Waals surface area contributed by atoms with Gasteiger partial charge in [-0.25, -0.2) is 4.79 Å². The van der Waals surface area contributed by atoms with Gasteiger partial charge in [0.05, 0.1) is 6.04 Å². The molecule has 0 spiro atoms. The minimum absolute atomic E-state index is 0.0835. The van der Waals surface area contributed by atoms with Crippen LogP contribution in [0.25, 0.3) is 0 Å². The molecule has 2 aliphatic rings. The molecule has 2 saturated heterocycles. The summed E-state index contributed by atoms with van der Waals surface area (Å²) in [5, 5.41) is 6.43. The van der Waals surface area contributed by atoms with Gasteiger partial charge in [-0.1, -0.05) is 0 Å². The Morgan fingerprint density at radius 3 is 2.89 bits per heavy atom. The quantitative estimate of drug-likeness (QED) is 0.769. The van der Waals surface area contributed by atoms with Crippen molar-refractivity contribution in [3.8, 4) is 0 Å². The summed E-state index contributed by atoms with van der Waals surface area (Å²) in [6, 6.07) is 2.26. The van der Waals surface area contributed by atoms with Crippen molar-refractivity contribution in [3.05, 3.63) is 24.0 Å². The molecule has 2 aliphatic heterocycles. The fourth-order valence-corrected chi connectivity index (χ4v) is 3.03. The number of carbonyl (C=O) groups is 1.